The molecule has 6 atom stereocenters. The number of nitrogens with zero attached hydrogens (tertiary/aromatic N) is 2. The fraction of sp³-hybridized carbons (Fsp3) is 0.282. The first-order valence-electron chi connectivity index (χ1n) is 16.2. The van der Waals surface area contributed by atoms with Gasteiger partial charge in [-0.3, -0.25) is 24.1 Å². The molecule has 0 aromatic heterocycles. The number of phenolic OH excluding ortho intramolecular Hbond substituents is 2. The van der Waals surface area contributed by atoms with Crippen molar-refractivity contribution in [1.82, 2.24) is 4.90 Å². The lowest BCUT2D eigenvalue weighted by atomic mass is 9.51. The lowest BCUT2D eigenvalue weighted by Gasteiger charge is -2.49. The van der Waals surface area contributed by atoms with E-state index in [2.05, 4.69) is 0 Å². The number of phenols is 2. The summed E-state index contributed by atoms with van der Waals surface area (Å²) in [5, 5.41) is 22.9. The fourth-order valence-corrected chi connectivity index (χ4v) is 8.92. The Morgan fingerprint density at radius 1 is 0.787 bits per heavy atom. The molecule has 1 saturated carbocycles. The highest BCUT2D eigenvalue weighted by Crippen LogP contribution is 2.65. The molecule has 0 spiro atoms. The summed E-state index contributed by atoms with van der Waals surface area (Å²) in [6.45, 7) is 2.05. The number of likely N-dealkylation sites (tertiary alicyclic amines) is 1. The molecule has 2 heterocycles. The Balaban J connectivity index is 1.24. The molecule has 47 heavy (non-hydrogen) atoms. The largest absolute Gasteiger partial charge is 0.508 e. The van der Waals surface area contributed by atoms with Gasteiger partial charge in [-0.1, -0.05) is 72.3 Å². The number of imide groups is 2. The average molecular weight is 627 g/mol. The monoisotopic (exact) mass is 626 g/mol. The smallest absolute Gasteiger partial charge is 0.241 e. The molecule has 0 unspecified atom stereocenters. The molecule has 3 fully saturated rings. The minimum atomic E-state index is -1.24. The highest BCUT2D eigenvalue weighted by molar-refractivity contribution is 6.24. The van der Waals surface area contributed by atoms with Crippen molar-refractivity contribution in [3.63, 3.8) is 0 Å². The van der Waals surface area contributed by atoms with Crippen molar-refractivity contribution in [3.05, 3.63) is 114 Å². The van der Waals surface area contributed by atoms with E-state index in [0.29, 0.717) is 24.1 Å². The summed E-state index contributed by atoms with van der Waals surface area (Å²) in [6.07, 6.45) is 3.06. The van der Waals surface area contributed by atoms with Gasteiger partial charge >= 0.3 is 0 Å². The van der Waals surface area contributed by atoms with Crippen molar-refractivity contribution in [2.24, 2.45) is 29.1 Å². The van der Waals surface area contributed by atoms with Crippen molar-refractivity contribution in [2.45, 2.75) is 32.1 Å². The van der Waals surface area contributed by atoms with Crippen LogP contribution >= 0.6 is 0 Å². The lowest BCUT2D eigenvalue weighted by Crippen LogP contribution is -2.49. The third-order valence-electron chi connectivity index (χ3n) is 11.2. The van der Waals surface area contributed by atoms with E-state index in [1.165, 1.54) is 9.80 Å². The van der Waals surface area contributed by atoms with E-state index >= 15 is 0 Å². The first kappa shape index (κ1) is 29.2. The zero-order valence-electron chi connectivity index (χ0n) is 25.9. The van der Waals surface area contributed by atoms with Crippen molar-refractivity contribution in [2.75, 3.05) is 11.4 Å². The van der Waals surface area contributed by atoms with Gasteiger partial charge in [0.2, 0.25) is 23.6 Å². The number of hydrogen-bond donors (Lipinski definition) is 2. The van der Waals surface area contributed by atoms with Crippen LogP contribution < -0.4 is 4.90 Å². The number of benzene rings is 4. The Morgan fingerprint density at radius 3 is 2.28 bits per heavy atom. The van der Waals surface area contributed by atoms with E-state index in [4.69, 9.17) is 0 Å². The number of allylic oxidation sites excluding steroid dienone is 2. The molecule has 0 radical (unpaired) electrons. The van der Waals surface area contributed by atoms with Crippen LogP contribution in [-0.2, 0) is 25.6 Å². The molecule has 0 bridgehead atoms. The van der Waals surface area contributed by atoms with Crippen molar-refractivity contribution < 1.29 is 29.4 Å². The molecule has 2 N–H and O–H groups in total. The van der Waals surface area contributed by atoms with Gasteiger partial charge in [0.1, 0.15) is 11.5 Å². The third-order valence-corrected chi connectivity index (χ3v) is 11.2. The summed E-state index contributed by atoms with van der Waals surface area (Å²) in [4.78, 5) is 59.7. The predicted octanol–water partition coefficient (Wildman–Crippen LogP) is 5.72. The Kier molecular flexibility index (Phi) is 6.62. The number of fused-ring (bicyclic) bond motifs is 5. The van der Waals surface area contributed by atoms with Crippen LogP contribution in [0.5, 0.6) is 11.5 Å². The van der Waals surface area contributed by atoms with Crippen LogP contribution in [0.2, 0.25) is 0 Å². The summed E-state index contributed by atoms with van der Waals surface area (Å²) < 4.78 is 0. The molecule has 8 rings (SSSR count). The molecule has 4 aromatic rings. The predicted molar refractivity (Wildman–Crippen MR) is 175 cm³/mol. The molecule has 4 aromatic carbocycles. The van der Waals surface area contributed by atoms with Gasteiger partial charge in [-0.2, -0.15) is 0 Å². The minimum absolute atomic E-state index is 0.0279. The highest BCUT2D eigenvalue weighted by atomic mass is 16.3. The number of rotatable bonds is 5. The second-order valence-corrected chi connectivity index (χ2v) is 13.5. The summed E-state index contributed by atoms with van der Waals surface area (Å²) in [7, 11) is 0. The molecule has 4 aliphatic rings. The Morgan fingerprint density at radius 2 is 1.51 bits per heavy atom. The number of carbonyl (C=O) groups is 4. The molecule has 8 nitrogen and oxygen atoms in total. The van der Waals surface area contributed by atoms with E-state index in [1.807, 2.05) is 49.4 Å². The maximum Gasteiger partial charge on any atom is 0.241 e. The highest BCUT2D eigenvalue weighted by Gasteiger charge is 2.68. The average Bonchev–Trinajstić information content (AvgIpc) is 3.44. The van der Waals surface area contributed by atoms with Crippen LogP contribution in [0, 0.1) is 29.1 Å². The van der Waals surface area contributed by atoms with E-state index in [1.54, 1.807) is 54.6 Å². The topological polar surface area (TPSA) is 115 Å². The molecule has 8 heteroatoms. The molecule has 4 amide bonds. The molecule has 2 aliphatic heterocycles. The van der Waals surface area contributed by atoms with E-state index in [9.17, 15) is 29.4 Å². The zero-order chi connectivity index (χ0) is 32.6. The van der Waals surface area contributed by atoms with Crippen LogP contribution in [0.25, 0.3) is 10.8 Å². The summed E-state index contributed by atoms with van der Waals surface area (Å²) in [5.41, 5.74) is 1.55. The standard InChI is InChI=1S/C39H34N2O6/c1-39-30(36(45)41(38(39)47)24-8-3-2-4-9-24)21-29-27(34(39)33-26-10-6-5-7-23(26)13-18-31(33)43)16-17-28-32(29)37(46)40(35(28)44)20-19-22-11-14-25(42)15-12-22/h2-16,18,28-30,32,34,42-43H,17,19-21H2,1H3/t28-,29+,30-,32-,34+,39+/m0/s1. The molecular formula is C39H34N2O6. The van der Waals surface area contributed by atoms with E-state index in [0.717, 1.165) is 21.9 Å². The van der Waals surface area contributed by atoms with Gasteiger partial charge in [0.25, 0.3) is 0 Å². The van der Waals surface area contributed by atoms with E-state index < -0.39 is 35.0 Å². The van der Waals surface area contributed by atoms with E-state index in [-0.39, 0.29) is 48.1 Å². The fourth-order valence-electron chi connectivity index (χ4n) is 8.92. The van der Waals surface area contributed by atoms with Crippen LogP contribution in [0.3, 0.4) is 0 Å². The lowest BCUT2D eigenvalue weighted by molar-refractivity contribution is -0.140. The zero-order valence-corrected chi connectivity index (χ0v) is 25.9. The van der Waals surface area contributed by atoms with Crippen LogP contribution in [0.4, 0.5) is 5.69 Å². The summed E-state index contributed by atoms with van der Waals surface area (Å²) in [5.74, 6) is -4.10. The van der Waals surface area contributed by atoms with Gasteiger partial charge < -0.3 is 10.2 Å². The normalized spacial score (nSPS) is 28.4. The van der Waals surface area contributed by atoms with Gasteiger partial charge in [-0.05, 0) is 78.8 Å². The van der Waals surface area contributed by atoms with Crippen LogP contribution in [-0.4, -0.2) is 45.3 Å². The third kappa shape index (κ3) is 4.20. The van der Waals surface area contributed by atoms with Gasteiger partial charge in [0.15, 0.2) is 0 Å². The number of aromatic hydroxyl groups is 2. The summed E-state index contributed by atoms with van der Waals surface area (Å²) in [6, 6.07) is 26.8. The number of para-hydroxylation sites is 1. The van der Waals surface area contributed by atoms with Crippen molar-refractivity contribution in [3.8, 4) is 11.5 Å². The maximum atomic E-state index is 14.7. The second-order valence-electron chi connectivity index (χ2n) is 13.5. The summed E-state index contributed by atoms with van der Waals surface area (Å²) >= 11 is 0. The van der Waals surface area contributed by atoms with Crippen LogP contribution in [0.15, 0.2) is 103 Å². The first-order valence-corrected chi connectivity index (χ1v) is 16.2. The maximum absolute atomic E-state index is 14.7. The Labute approximate surface area is 271 Å². The second kappa shape index (κ2) is 10.7. The molecule has 2 saturated heterocycles. The Hall–Kier alpha value is -5.24. The number of carbonyl (C=O) groups excluding carboxylic acids is 4. The van der Waals surface area contributed by atoms with Gasteiger partial charge in [-0.25, -0.2) is 4.90 Å². The van der Waals surface area contributed by atoms with Gasteiger partial charge in [0, 0.05) is 18.0 Å². The first-order chi connectivity index (χ1) is 22.7. The number of hydrogen-bond acceptors (Lipinski definition) is 6. The molecule has 236 valence electrons. The van der Waals surface area contributed by atoms with Gasteiger partial charge in [0.05, 0.1) is 28.9 Å². The Bertz CT molecular complexity index is 2000. The van der Waals surface area contributed by atoms with Crippen LogP contribution in [0.1, 0.15) is 36.8 Å². The SMILES string of the molecule is C[C@@]12C(=O)N(c3ccccc3)C(=O)[C@@H]1C[C@@H]1C(=CC[C@@H]3C(=O)N(CCc4ccc(O)cc4)C(=O)[C@@H]31)[C@@H]2c1c(O)ccc2ccccc12. The van der Waals surface area contributed by atoms with Crippen molar-refractivity contribution in [1.29, 1.82) is 0 Å². The minimum Gasteiger partial charge on any atom is -0.508 e. The number of anilines is 1. The van der Waals surface area contributed by atoms with Gasteiger partial charge in [-0.15, -0.1) is 0 Å². The van der Waals surface area contributed by atoms with Crippen molar-refractivity contribution >= 4 is 40.1 Å². The quantitative estimate of drug-likeness (QED) is 0.216. The number of amides is 4. The molecular weight excluding hydrogens is 592 g/mol. The molecule has 2 aliphatic carbocycles.